The van der Waals surface area contributed by atoms with Crippen molar-refractivity contribution < 1.29 is 14.3 Å². The molecule has 1 atom stereocenters. The second kappa shape index (κ2) is 6.38. The minimum Gasteiger partial charge on any atom is -0.493 e. The van der Waals surface area contributed by atoms with Crippen molar-refractivity contribution in [2.75, 3.05) is 20.3 Å². The Kier molecular flexibility index (Phi) is 4.32. The van der Waals surface area contributed by atoms with E-state index in [1.165, 1.54) is 0 Å². The highest BCUT2D eigenvalue weighted by Gasteiger charge is 2.32. The molecule has 0 aliphatic carbocycles. The van der Waals surface area contributed by atoms with E-state index >= 15 is 0 Å². The average Bonchev–Trinajstić information content (AvgIpc) is 2.96. The van der Waals surface area contributed by atoms with Gasteiger partial charge in [0, 0.05) is 18.8 Å². The van der Waals surface area contributed by atoms with Crippen molar-refractivity contribution in [3.8, 4) is 11.5 Å². The SMILES string of the molecule is CCCCOc1cc2c(cc1OC)C(=O)N1CCC[C@H]1C=N2. The lowest BCUT2D eigenvalue weighted by Gasteiger charge is -2.20. The molecule has 22 heavy (non-hydrogen) atoms. The summed E-state index contributed by atoms with van der Waals surface area (Å²) in [6, 6.07) is 3.70. The highest BCUT2D eigenvalue weighted by Crippen LogP contribution is 2.38. The van der Waals surface area contributed by atoms with E-state index in [0.29, 0.717) is 29.4 Å². The van der Waals surface area contributed by atoms with Crippen LogP contribution in [0.15, 0.2) is 17.1 Å². The summed E-state index contributed by atoms with van der Waals surface area (Å²) in [5.74, 6) is 1.28. The van der Waals surface area contributed by atoms with Crippen LogP contribution in [-0.2, 0) is 0 Å². The van der Waals surface area contributed by atoms with Crippen molar-refractivity contribution >= 4 is 17.8 Å². The van der Waals surface area contributed by atoms with E-state index in [1.807, 2.05) is 17.2 Å². The van der Waals surface area contributed by atoms with Crippen LogP contribution in [0.4, 0.5) is 5.69 Å². The van der Waals surface area contributed by atoms with E-state index < -0.39 is 0 Å². The van der Waals surface area contributed by atoms with Gasteiger partial charge in [-0.2, -0.15) is 0 Å². The summed E-state index contributed by atoms with van der Waals surface area (Å²) in [5, 5.41) is 0. The largest absolute Gasteiger partial charge is 0.493 e. The first-order valence-electron chi connectivity index (χ1n) is 7.94. The maximum absolute atomic E-state index is 12.7. The van der Waals surface area contributed by atoms with Crippen LogP contribution in [0.25, 0.3) is 0 Å². The fourth-order valence-electron chi connectivity index (χ4n) is 2.95. The number of rotatable bonds is 5. The summed E-state index contributed by atoms with van der Waals surface area (Å²) >= 11 is 0. The van der Waals surface area contributed by atoms with Crippen molar-refractivity contribution in [1.29, 1.82) is 0 Å². The Morgan fingerprint density at radius 2 is 2.23 bits per heavy atom. The molecule has 0 N–H and O–H groups in total. The second-order valence-electron chi connectivity index (χ2n) is 5.71. The van der Waals surface area contributed by atoms with Crippen LogP contribution >= 0.6 is 0 Å². The second-order valence-corrected chi connectivity index (χ2v) is 5.71. The third kappa shape index (κ3) is 2.67. The number of unbranched alkanes of at least 4 members (excludes halogenated alkanes) is 1. The topological polar surface area (TPSA) is 51.1 Å². The number of hydrogen-bond acceptors (Lipinski definition) is 4. The molecule has 0 bridgehead atoms. The molecule has 1 fully saturated rings. The lowest BCUT2D eigenvalue weighted by molar-refractivity contribution is 0.0774. The third-order valence-electron chi connectivity index (χ3n) is 4.21. The van der Waals surface area contributed by atoms with Gasteiger partial charge in [-0.25, -0.2) is 0 Å². The maximum atomic E-state index is 12.7. The van der Waals surface area contributed by atoms with Gasteiger partial charge in [-0.05, 0) is 25.3 Å². The van der Waals surface area contributed by atoms with Crippen molar-refractivity contribution in [3.05, 3.63) is 17.7 Å². The zero-order valence-electron chi connectivity index (χ0n) is 13.2. The number of methoxy groups -OCH3 is 1. The number of benzene rings is 1. The number of hydrogen-bond donors (Lipinski definition) is 0. The summed E-state index contributed by atoms with van der Waals surface area (Å²) in [6.45, 7) is 3.55. The number of amides is 1. The van der Waals surface area contributed by atoms with Crippen molar-refractivity contribution in [3.63, 3.8) is 0 Å². The Morgan fingerprint density at radius 1 is 1.36 bits per heavy atom. The van der Waals surface area contributed by atoms with Crippen molar-refractivity contribution in [2.45, 2.75) is 38.6 Å². The zero-order valence-corrected chi connectivity index (χ0v) is 13.2. The molecular weight excluding hydrogens is 280 g/mol. The van der Waals surface area contributed by atoms with Gasteiger partial charge in [-0.1, -0.05) is 13.3 Å². The van der Waals surface area contributed by atoms with E-state index in [9.17, 15) is 4.79 Å². The fourth-order valence-corrected chi connectivity index (χ4v) is 2.95. The average molecular weight is 302 g/mol. The molecule has 1 aromatic rings. The number of fused-ring (bicyclic) bond motifs is 2. The highest BCUT2D eigenvalue weighted by molar-refractivity contribution is 6.03. The molecule has 2 heterocycles. The quantitative estimate of drug-likeness (QED) is 0.785. The first-order chi connectivity index (χ1) is 10.7. The van der Waals surface area contributed by atoms with Crippen molar-refractivity contribution in [2.24, 2.45) is 4.99 Å². The number of carbonyl (C=O) groups excluding carboxylic acids is 1. The highest BCUT2D eigenvalue weighted by atomic mass is 16.5. The van der Waals surface area contributed by atoms with Crippen LogP contribution in [0.5, 0.6) is 11.5 Å². The summed E-state index contributed by atoms with van der Waals surface area (Å²) in [6.07, 6.45) is 5.96. The monoisotopic (exact) mass is 302 g/mol. The molecule has 0 unspecified atom stereocenters. The summed E-state index contributed by atoms with van der Waals surface area (Å²) in [5.41, 5.74) is 1.27. The summed E-state index contributed by atoms with van der Waals surface area (Å²) < 4.78 is 11.2. The fraction of sp³-hybridized carbons (Fsp3) is 0.529. The van der Waals surface area contributed by atoms with E-state index in [-0.39, 0.29) is 11.9 Å². The summed E-state index contributed by atoms with van der Waals surface area (Å²) in [4.78, 5) is 19.1. The smallest absolute Gasteiger partial charge is 0.256 e. The Hall–Kier alpha value is -2.04. The first kappa shape index (κ1) is 14.9. The number of carbonyl (C=O) groups is 1. The number of nitrogens with zero attached hydrogens (tertiary/aromatic N) is 2. The normalized spacial score (nSPS) is 19.6. The lowest BCUT2D eigenvalue weighted by Crippen LogP contribution is -2.35. The lowest BCUT2D eigenvalue weighted by atomic mass is 10.1. The molecule has 1 saturated heterocycles. The first-order valence-corrected chi connectivity index (χ1v) is 7.94. The van der Waals surface area contributed by atoms with Crippen LogP contribution in [0.2, 0.25) is 0 Å². The molecule has 0 spiro atoms. The van der Waals surface area contributed by atoms with Crippen LogP contribution in [-0.4, -0.2) is 43.3 Å². The molecule has 5 nitrogen and oxygen atoms in total. The van der Waals surface area contributed by atoms with Gasteiger partial charge >= 0.3 is 0 Å². The molecule has 0 radical (unpaired) electrons. The van der Waals surface area contributed by atoms with Gasteiger partial charge in [0.25, 0.3) is 5.91 Å². The van der Waals surface area contributed by atoms with Crippen LogP contribution in [0, 0.1) is 0 Å². The molecule has 3 rings (SSSR count). The molecule has 5 heteroatoms. The van der Waals surface area contributed by atoms with Gasteiger partial charge in [-0.15, -0.1) is 0 Å². The molecule has 0 aromatic heterocycles. The van der Waals surface area contributed by atoms with E-state index in [0.717, 1.165) is 32.2 Å². The van der Waals surface area contributed by atoms with Gasteiger partial charge in [0.15, 0.2) is 11.5 Å². The van der Waals surface area contributed by atoms with Crippen molar-refractivity contribution in [1.82, 2.24) is 4.90 Å². The van der Waals surface area contributed by atoms with Gasteiger partial charge in [0.2, 0.25) is 0 Å². The van der Waals surface area contributed by atoms with Crippen LogP contribution in [0.1, 0.15) is 43.0 Å². The molecule has 0 saturated carbocycles. The Balaban J connectivity index is 1.95. The van der Waals surface area contributed by atoms with Crippen LogP contribution < -0.4 is 9.47 Å². The molecular formula is C17H22N2O3. The Bertz CT molecular complexity index is 598. The molecule has 2 aliphatic heterocycles. The van der Waals surface area contributed by atoms with E-state index in [2.05, 4.69) is 11.9 Å². The zero-order chi connectivity index (χ0) is 15.5. The minimum absolute atomic E-state index is 0.0356. The summed E-state index contributed by atoms with van der Waals surface area (Å²) in [7, 11) is 1.59. The third-order valence-corrected chi connectivity index (χ3v) is 4.21. The van der Waals surface area contributed by atoms with Gasteiger partial charge in [0.1, 0.15) is 0 Å². The molecule has 118 valence electrons. The number of ether oxygens (including phenoxy) is 2. The molecule has 1 amide bonds. The standard InChI is InChI=1S/C17H22N2O3/c1-3-4-8-22-16-10-14-13(9-15(16)21-2)17(20)19-7-5-6-12(19)11-18-14/h9-12H,3-8H2,1-2H3/t12-/m0/s1. The van der Waals surface area contributed by atoms with Gasteiger partial charge in [-0.3, -0.25) is 9.79 Å². The molecule has 2 aliphatic rings. The maximum Gasteiger partial charge on any atom is 0.256 e. The number of aliphatic imine (C=N–C) groups is 1. The Labute approximate surface area is 130 Å². The van der Waals surface area contributed by atoms with E-state index in [1.54, 1.807) is 13.2 Å². The minimum atomic E-state index is 0.0356. The van der Waals surface area contributed by atoms with Gasteiger partial charge in [0.05, 0.1) is 31.0 Å². The van der Waals surface area contributed by atoms with E-state index in [4.69, 9.17) is 9.47 Å². The predicted molar refractivity (Wildman–Crippen MR) is 85.6 cm³/mol. The van der Waals surface area contributed by atoms with Gasteiger partial charge < -0.3 is 14.4 Å². The molecule has 1 aromatic carbocycles. The predicted octanol–water partition coefficient (Wildman–Crippen LogP) is 3.19. The van der Waals surface area contributed by atoms with Crippen LogP contribution in [0.3, 0.4) is 0 Å². The Morgan fingerprint density at radius 3 is 3.00 bits per heavy atom.